The van der Waals surface area contributed by atoms with Gasteiger partial charge < -0.3 is 19.7 Å². The van der Waals surface area contributed by atoms with Gasteiger partial charge >= 0.3 is 0 Å². The molecule has 2 amide bonds. The van der Waals surface area contributed by atoms with Crippen molar-refractivity contribution < 1.29 is 27.5 Å². The molecule has 0 aliphatic carbocycles. The van der Waals surface area contributed by atoms with Gasteiger partial charge in [0.25, 0.3) is 10.0 Å². The van der Waals surface area contributed by atoms with Crippen LogP contribution in [-0.4, -0.2) is 58.5 Å². The fraction of sp³-hybridized carbons (Fsp3) is 0.310. The summed E-state index contributed by atoms with van der Waals surface area (Å²) in [7, 11) is -1.35. The lowest BCUT2D eigenvalue weighted by molar-refractivity contribution is -0.140. The first-order valence-electron chi connectivity index (χ1n) is 12.7. The van der Waals surface area contributed by atoms with Crippen LogP contribution in [0.5, 0.6) is 11.5 Å². The van der Waals surface area contributed by atoms with Gasteiger partial charge in [0.2, 0.25) is 11.8 Å². The monoisotopic (exact) mass is 553 g/mol. The van der Waals surface area contributed by atoms with Gasteiger partial charge in [0, 0.05) is 19.2 Å². The van der Waals surface area contributed by atoms with Gasteiger partial charge in [-0.1, -0.05) is 55.5 Å². The van der Waals surface area contributed by atoms with Gasteiger partial charge in [-0.3, -0.25) is 13.9 Å². The number of carbonyl (C=O) groups excluding carboxylic acids is 2. The van der Waals surface area contributed by atoms with Crippen LogP contribution < -0.4 is 19.1 Å². The molecule has 0 aliphatic rings. The smallest absolute Gasteiger partial charge is 0.264 e. The van der Waals surface area contributed by atoms with Crippen molar-refractivity contribution >= 4 is 27.5 Å². The van der Waals surface area contributed by atoms with Gasteiger partial charge in [-0.05, 0) is 43.2 Å². The molecule has 0 aromatic heterocycles. The number of hydrogen-bond donors (Lipinski definition) is 1. The average molecular weight is 554 g/mol. The van der Waals surface area contributed by atoms with Crippen LogP contribution in [0.1, 0.15) is 25.8 Å². The number of sulfonamides is 1. The molecule has 0 fully saturated rings. The van der Waals surface area contributed by atoms with Crippen molar-refractivity contribution in [1.29, 1.82) is 0 Å². The molecule has 9 nitrogen and oxygen atoms in total. The number of para-hydroxylation sites is 1. The van der Waals surface area contributed by atoms with E-state index in [0.717, 1.165) is 9.87 Å². The predicted octanol–water partition coefficient (Wildman–Crippen LogP) is 3.84. The molecule has 1 atom stereocenters. The fourth-order valence-corrected chi connectivity index (χ4v) is 5.65. The zero-order chi connectivity index (χ0) is 28.4. The summed E-state index contributed by atoms with van der Waals surface area (Å²) in [6, 6.07) is 21.2. The molecule has 39 heavy (non-hydrogen) atoms. The van der Waals surface area contributed by atoms with Gasteiger partial charge in [-0.15, -0.1) is 0 Å². The Balaban J connectivity index is 2.06. The first-order chi connectivity index (χ1) is 18.8. The number of ether oxygens (including phenoxy) is 2. The maximum atomic E-state index is 14.0. The van der Waals surface area contributed by atoms with E-state index in [2.05, 4.69) is 5.32 Å². The standard InChI is InChI=1S/C29H35N3O6S/c1-5-25(29(34)30-6-2)31(20-22-13-9-7-10-14-22)28(33)21-32(23-15-11-8-12-16-23)39(35,36)24-17-18-26(37-3)27(19-24)38-4/h7-19,25H,5-6,20-21H2,1-4H3,(H,30,34). The molecule has 3 aromatic carbocycles. The summed E-state index contributed by atoms with van der Waals surface area (Å²) < 4.78 is 39.6. The van der Waals surface area contributed by atoms with Crippen LogP contribution >= 0.6 is 0 Å². The summed E-state index contributed by atoms with van der Waals surface area (Å²) >= 11 is 0. The quantitative estimate of drug-likeness (QED) is 0.345. The van der Waals surface area contributed by atoms with Crippen molar-refractivity contribution in [3.05, 3.63) is 84.4 Å². The van der Waals surface area contributed by atoms with Crippen molar-refractivity contribution in [2.75, 3.05) is 31.6 Å². The van der Waals surface area contributed by atoms with Crippen LogP contribution in [-0.2, 0) is 26.2 Å². The largest absolute Gasteiger partial charge is 0.493 e. The van der Waals surface area contributed by atoms with Gasteiger partial charge in [-0.2, -0.15) is 0 Å². The van der Waals surface area contributed by atoms with Gasteiger partial charge in [-0.25, -0.2) is 8.42 Å². The maximum absolute atomic E-state index is 14.0. The minimum atomic E-state index is -4.23. The summed E-state index contributed by atoms with van der Waals surface area (Å²) in [5.41, 5.74) is 1.13. The molecule has 0 bridgehead atoms. The molecule has 10 heteroatoms. The molecule has 3 aromatic rings. The first kappa shape index (κ1) is 29.5. The summed E-state index contributed by atoms with van der Waals surface area (Å²) in [4.78, 5) is 28.3. The van der Waals surface area contributed by atoms with Crippen molar-refractivity contribution in [2.24, 2.45) is 0 Å². The molecule has 0 aliphatic heterocycles. The predicted molar refractivity (Wildman–Crippen MR) is 150 cm³/mol. The number of benzene rings is 3. The minimum absolute atomic E-state index is 0.0674. The van der Waals surface area contributed by atoms with E-state index in [0.29, 0.717) is 24.4 Å². The van der Waals surface area contributed by atoms with Crippen molar-refractivity contribution in [3.8, 4) is 11.5 Å². The SMILES string of the molecule is CCNC(=O)C(CC)N(Cc1ccccc1)C(=O)CN(c1ccccc1)S(=O)(=O)c1ccc(OC)c(OC)c1. The number of amides is 2. The summed E-state index contributed by atoms with van der Waals surface area (Å²) in [6.07, 6.45) is 0.359. The zero-order valence-corrected chi connectivity index (χ0v) is 23.5. The number of rotatable bonds is 13. The Morgan fingerprint density at radius 3 is 2.05 bits per heavy atom. The molecule has 0 saturated heterocycles. The Labute approximate surface area is 230 Å². The van der Waals surface area contributed by atoms with Gasteiger partial charge in [0.1, 0.15) is 12.6 Å². The molecule has 0 radical (unpaired) electrons. The lowest BCUT2D eigenvalue weighted by Gasteiger charge is -2.33. The summed E-state index contributed by atoms with van der Waals surface area (Å²) in [5, 5.41) is 2.79. The normalized spacial score (nSPS) is 11.8. The second-order valence-corrected chi connectivity index (χ2v) is 10.6. The fourth-order valence-electron chi connectivity index (χ4n) is 4.22. The lowest BCUT2D eigenvalue weighted by Crippen LogP contribution is -2.52. The average Bonchev–Trinajstić information content (AvgIpc) is 2.96. The van der Waals surface area contributed by atoms with Gasteiger partial charge in [0.15, 0.2) is 11.5 Å². The van der Waals surface area contributed by atoms with E-state index >= 15 is 0 Å². The Bertz CT molecular complexity index is 1350. The van der Waals surface area contributed by atoms with Crippen LogP contribution in [0.2, 0.25) is 0 Å². The summed E-state index contributed by atoms with van der Waals surface area (Å²) in [6.45, 7) is 3.67. The topological polar surface area (TPSA) is 105 Å². The highest BCUT2D eigenvalue weighted by molar-refractivity contribution is 7.92. The zero-order valence-electron chi connectivity index (χ0n) is 22.7. The first-order valence-corrected chi connectivity index (χ1v) is 14.1. The van der Waals surface area contributed by atoms with Crippen LogP contribution in [0.15, 0.2) is 83.8 Å². The van der Waals surface area contributed by atoms with Crippen LogP contribution in [0.25, 0.3) is 0 Å². The summed E-state index contributed by atoms with van der Waals surface area (Å²) in [5.74, 6) is -0.186. The van der Waals surface area contributed by atoms with Crippen LogP contribution in [0.4, 0.5) is 5.69 Å². The number of anilines is 1. The highest BCUT2D eigenvalue weighted by atomic mass is 32.2. The maximum Gasteiger partial charge on any atom is 0.264 e. The Morgan fingerprint density at radius 2 is 1.49 bits per heavy atom. The van der Waals surface area contributed by atoms with Crippen molar-refractivity contribution in [2.45, 2.75) is 37.8 Å². The number of likely N-dealkylation sites (N-methyl/N-ethyl adjacent to an activating group) is 1. The van der Waals surface area contributed by atoms with Crippen molar-refractivity contribution in [3.63, 3.8) is 0 Å². The molecule has 3 rings (SSSR count). The Morgan fingerprint density at radius 1 is 0.872 bits per heavy atom. The second kappa shape index (κ2) is 13.7. The van der Waals surface area contributed by atoms with E-state index in [-0.39, 0.29) is 23.1 Å². The number of carbonyl (C=O) groups is 2. The van der Waals surface area contributed by atoms with E-state index in [1.54, 1.807) is 37.3 Å². The second-order valence-electron chi connectivity index (χ2n) is 8.69. The molecule has 0 spiro atoms. The highest BCUT2D eigenvalue weighted by Crippen LogP contribution is 2.32. The third-order valence-corrected chi connectivity index (χ3v) is 7.97. The number of hydrogen-bond acceptors (Lipinski definition) is 6. The molecule has 1 N–H and O–H groups in total. The number of nitrogens with one attached hydrogen (secondary N) is 1. The number of nitrogens with zero attached hydrogens (tertiary/aromatic N) is 2. The van der Waals surface area contributed by atoms with E-state index in [1.165, 1.54) is 37.3 Å². The molecular formula is C29H35N3O6S. The van der Waals surface area contributed by atoms with Crippen LogP contribution in [0, 0.1) is 0 Å². The van der Waals surface area contributed by atoms with Crippen LogP contribution in [0.3, 0.4) is 0 Å². The van der Waals surface area contributed by atoms with E-state index in [1.807, 2.05) is 37.3 Å². The van der Waals surface area contributed by atoms with E-state index in [4.69, 9.17) is 9.47 Å². The Hall–Kier alpha value is -4.05. The van der Waals surface area contributed by atoms with Gasteiger partial charge in [0.05, 0.1) is 24.8 Å². The Kier molecular flexibility index (Phi) is 10.3. The highest BCUT2D eigenvalue weighted by Gasteiger charge is 2.33. The molecule has 0 heterocycles. The third-order valence-electron chi connectivity index (χ3n) is 6.20. The molecule has 208 valence electrons. The molecule has 0 saturated carbocycles. The van der Waals surface area contributed by atoms with E-state index in [9.17, 15) is 18.0 Å². The van der Waals surface area contributed by atoms with E-state index < -0.39 is 28.5 Å². The lowest BCUT2D eigenvalue weighted by atomic mass is 10.1. The third kappa shape index (κ3) is 7.08. The van der Waals surface area contributed by atoms with Crippen molar-refractivity contribution in [1.82, 2.24) is 10.2 Å². The molecule has 1 unspecified atom stereocenters. The number of methoxy groups -OCH3 is 2. The molecular weight excluding hydrogens is 518 g/mol. The minimum Gasteiger partial charge on any atom is -0.493 e.